The maximum atomic E-state index is 14.2. The topological polar surface area (TPSA) is 79.4 Å². The number of carbonyl (C=O) groups is 3. The number of thiophene rings is 1. The van der Waals surface area contributed by atoms with E-state index in [2.05, 4.69) is 0 Å². The van der Waals surface area contributed by atoms with E-state index in [0.29, 0.717) is 36.8 Å². The van der Waals surface area contributed by atoms with E-state index in [1.54, 1.807) is 21.9 Å². The summed E-state index contributed by atoms with van der Waals surface area (Å²) in [7, 11) is 0. The fourth-order valence-electron chi connectivity index (χ4n) is 4.80. The van der Waals surface area contributed by atoms with Gasteiger partial charge in [-0.25, -0.2) is 4.79 Å². The number of carbonyl (C=O) groups excluding carboxylic acids is 3. The predicted molar refractivity (Wildman–Crippen MR) is 162 cm³/mol. The minimum absolute atomic E-state index is 0.231. The molecule has 10 heteroatoms. The van der Waals surface area contributed by atoms with Crippen LogP contribution in [0.5, 0.6) is 11.5 Å². The van der Waals surface area contributed by atoms with Crippen LogP contribution in [0, 0.1) is 6.92 Å². The standard InChI is InChI=1S/C31H36ClN3O5S/c1-21-18-24(39-23-10-7-6-8-11-23)13-14-25(21)35(27(36)19-32)28(26-12-9-17-41-26)29(37)33-15-16-34(22(2)20-33)30(38)40-31(3,4)5/h6-14,17-18,22,28H,15-16,19-20H2,1-5H3/t22-,28-/m1/s1. The Morgan fingerprint density at radius 1 is 1.05 bits per heavy atom. The van der Waals surface area contributed by atoms with Crippen molar-refractivity contribution in [2.24, 2.45) is 0 Å². The Bertz CT molecular complexity index is 1360. The monoisotopic (exact) mass is 597 g/mol. The Labute approximate surface area is 250 Å². The van der Waals surface area contributed by atoms with Crippen molar-refractivity contribution in [2.75, 3.05) is 30.4 Å². The van der Waals surface area contributed by atoms with Gasteiger partial charge in [0.05, 0.1) is 0 Å². The summed E-state index contributed by atoms with van der Waals surface area (Å²) in [6, 6.07) is 17.4. The van der Waals surface area contributed by atoms with Gasteiger partial charge in [-0.2, -0.15) is 0 Å². The van der Waals surface area contributed by atoms with Crippen molar-refractivity contribution in [3.8, 4) is 11.5 Å². The van der Waals surface area contributed by atoms with E-state index in [9.17, 15) is 14.4 Å². The van der Waals surface area contributed by atoms with Gasteiger partial charge in [-0.05, 0) is 82.0 Å². The molecule has 0 unspecified atom stereocenters. The predicted octanol–water partition coefficient (Wildman–Crippen LogP) is 6.63. The number of nitrogens with zero attached hydrogens (tertiary/aromatic N) is 3. The quantitative estimate of drug-likeness (QED) is 0.286. The van der Waals surface area contributed by atoms with Crippen LogP contribution in [0.3, 0.4) is 0 Å². The second-order valence-corrected chi connectivity index (χ2v) is 12.2. The van der Waals surface area contributed by atoms with Gasteiger partial charge < -0.3 is 19.3 Å². The van der Waals surface area contributed by atoms with Crippen LogP contribution in [-0.4, -0.2) is 64.9 Å². The number of alkyl halides is 1. The molecule has 4 rings (SSSR count). The number of para-hydroxylation sites is 1. The molecule has 1 aliphatic rings. The van der Waals surface area contributed by atoms with E-state index in [1.165, 1.54) is 16.2 Å². The highest BCUT2D eigenvalue weighted by molar-refractivity contribution is 7.10. The first-order valence-corrected chi connectivity index (χ1v) is 14.9. The Morgan fingerprint density at radius 2 is 1.78 bits per heavy atom. The van der Waals surface area contributed by atoms with Gasteiger partial charge >= 0.3 is 6.09 Å². The molecule has 0 saturated carbocycles. The van der Waals surface area contributed by atoms with Crippen molar-refractivity contribution < 1.29 is 23.9 Å². The van der Waals surface area contributed by atoms with E-state index < -0.39 is 23.6 Å². The molecule has 41 heavy (non-hydrogen) atoms. The molecule has 1 saturated heterocycles. The zero-order chi connectivity index (χ0) is 29.7. The first kappa shape index (κ1) is 30.4. The number of anilines is 1. The minimum Gasteiger partial charge on any atom is -0.457 e. The molecule has 8 nitrogen and oxygen atoms in total. The lowest BCUT2D eigenvalue weighted by atomic mass is 10.1. The summed E-state index contributed by atoms with van der Waals surface area (Å²) >= 11 is 7.52. The molecule has 1 fully saturated rings. The van der Waals surface area contributed by atoms with Gasteiger partial charge in [0, 0.05) is 36.2 Å². The maximum Gasteiger partial charge on any atom is 0.410 e. The van der Waals surface area contributed by atoms with Gasteiger partial charge in [-0.1, -0.05) is 24.3 Å². The van der Waals surface area contributed by atoms with Gasteiger partial charge in [0.25, 0.3) is 5.91 Å². The number of hydrogen-bond donors (Lipinski definition) is 0. The number of hydrogen-bond acceptors (Lipinski definition) is 6. The first-order valence-electron chi connectivity index (χ1n) is 13.5. The fraction of sp³-hybridized carbons (Fsp3) is 0.387. The summed E-state index contributed by atoms with van der Waals surface area (Å²) in [6.07, 6.45) is -0.403. The molecular formula is C31H36ClN3O5S. The lowest BCUT2D eigenvalue weighted by Crippen LogP contribution is -2.58. The maximum absolute atomic E-state index is 14.2. The fourth-order valence-corrected chi connectivity index (χ4v) is 5.73. The average molecular weight is 598 g/mol. The largest absolute Gasteiger partial charge is 0.457 e. The van der Waals surface area contributed by atoms with Crippen molar-refractivity contribution in [2.45, 2.75) is 52.3 Å². The number of aryl methyl sites for hydroxylation is 1. The molecular weight excluding hydrogens is 562 g/mol. The van der Waals surface area contributed by atoms with Crippen LogP contribution in [0.2, 0.25) is 0 Å². The SMILES string of the molecule is Cc1cc(Oc2ccccc2)ccc1N(C(=O)CCl)[C@@H](C(=O)N1CCN(C(=O)OC(C)(C)C)[C@H](C)C1)c1cccs1. The molecule has 1 aromatic heterocycles. The van der Waals surface area contributed by atoms with Crippen molar-refractivity contribution >= 4 is 46.5 Å². The molecule has 0 spiro atoms. The highest BCUT2D eigenvalue weighted by Gasteiger charge is 2.40. The van der Waals surface area contributed by atoms with E-state index >= 15 is 0 Å². The van der Waals surface area contributed by atoms with Crippen LogP contribution in [-0.2, 0) is 14.3 Å². The lowest BCUT2D eigenvalue weighted by Gasteiger charge is -2.42. The van der Waals surface area contributed by atoms with E-state index in [1.807, 2.05) is 88.5 Å². The van der Waals surface area contributed by atoms with Crippen LogP contribution < -0.4 is 9.64 Å². The summed E-state index contributed by atoms with van der Waals surface area (Å²) < 4.78 is 11.5. The second kappa shape index (κ2) is 13.0. The third-order valence-electron chi connectivity index (χ3n) is 6.66. The Morgan fingerprint density at radius 3 is 2.37 bits per heavy atom. The molecule has 0 bridgehead atoms. The minimum atomic E-state index is -0.916. The summed E-state index contributed by atoms with van der Waals surface area (Å²) in [5, 5.41) is 1.88. The van der Waals surface area contributed by atoms with Crippen LogP contribution in [0.1, 0.15) is 44.2 Å². The van der Waals surface area contributed by atoms with E-state index in [0.717, 1.165) is 10.4 Å². The highest BCUT2D eigenvalue weighted by atomic mass is 35.5. The lowest BCUT2D eigenvalue weighted by molar-refractivity contribution is -0.137. The molecule has 2 aromatic carbocycles. The van der Waals surface area contributed by atoms with Crippen molar-refractivity contribution in [3.63, 3.8) is 0 Å². The van der Waals surface area contributed by atoms with Gasteiger partial charge in [0.2, 0.25) is 5.91 Å². The smallest absolute Gasteiger partial charge is 0.410 e. The summed E-state index contributed by atoms with van der Waals surface area (Å²) in [4.78, 5) is 46.0. The molecule has 3 aromatic rings. The van der Waals surface area contributed by atoms with Gasteiger partial charge in [0.15, 0.2) is 0 Å². The summed E-state index contributed by atoms with van der Waals surface area (Å²) in [5.74, 6) is 0.394. The van der Waals surface area contributed by atoms with E-state index in [-0.39, 0.29) is 17.8 Å². The Kier molecular flexibility index (Phi) is 9.60. The third kappa shape index (κ3) is 7.40. The Balaban J connectivity index is 1.63. The molecule has 0 aliphatic carbocycles. The first-order chi connectivity index (χ1) is 19.5. The van der Waals surface area contributed by atoms with Crippen LogP contribution in [0.4, 0.5) is 10.5 Å². The zero-order valence-corrected chi connectivity index (χ0v) is 25.6. The number of ether oxygens (including phenoxy) is 2. The van der Waals surface area contributed by atoms with Crippen molar-refractivity contribution in [3.05, 3.63) is 76.5 Å². The van der Waals surface area contributed by atoms with Crippen LogP contribution in [0.25, 0.3) is 0 Å². The number of rotatable bonds is 7. The van der Waals surface area contributed by atoms with Crippen molar-refractivity contribution in [1.29, 1.82) is 0 Å². The normalized spacial score (nSPS) is 16.2. The van der Waals surface area contributed by atoms with Crippen LogP contribution in [0.15, 0.2) is 66.0 Å². The van der Waals surface area contributed by atoms with Gasteiger partial charge in [-0.3, -0.25) is 14.5 Å². The number of amides is 3. The van der Waals surface area contributed by atoms with Gasteiger partial charge in [0.1, 0.15) is 29.0 Å². The van der Waals surface area contributed by atoms with Crippen LogP contribution >= 0.6 is 22.9 Å². The molecule has 0 N–H and O–H groups in total. The number of benzene rings is 2. The highest BCUT2D eigenvalue weighted by Crippen LogP contribution is 2.36. The zero-order valence-electron chi connectivity index (χ0n) is 24.0. The molecule has 0 radical (unpaired) electrons. The molecule has 3 amide bonds. The average Bonchev–Trinajstić information content (AvgIpc) is 3.45. The number of piperazine rings is 1. The summed E-state index contributed by atoms with van der Waals surface area (Å²) in [5.41, 5.74) is 0.716. The molecule has 2 atom stereocenters. The third-order valence-corrected chi connectivity index (χ3v) is 7.82. The van der Waals surface area contributed by atoms with E-state index in [4.69, 9.17) is 21.1 Å². The molecule has 218 valence electrons. The molecule has 1 aliphatic heterocycles. The number of halogens is 1. The van der Waals surface area contributed by atoms with Crippen molar-refractivity contribution in [1.82, 2.24) is 9.80 Å². The molecule has 2 heterocycles. The van der Waals surface area contributed by atoms with Gasteiger partial charge in [-0.15, -0.1) is 22.9 Å². The summed E-state index contributed by atoms with van der Waals surface area (Å²) in [6.45, 7) is 10.2. The second-order valence-electron chi connectivity index (χ2n) is 11.0. The Hall–Kier alpha value is -3.56.